The van der Waals surface area contributed by atoms with E-state index < -0.39 is 0 Å². The molecule has 0 aliphatic rings. The third kappa shape index (κ3) is 7.07. The molecule has 3 N–H and O–H groups in total. The molecule has 23 heavy (non-hydrogen) atoms. The second kappa shape index (κ2) is 10.8. The van der Waals surface area contributed by atoms with Crippen LogP contribution in [0.4, 0.5) is 5.82 Å². The minimum absolute atomic E-state index is 0.0911. The topological polar surface area (TPSA) is 109 Å². The van der Waals surface area contributed by atoms with E-state index in [1.807, 2.05) is 23.8 Å². The van der Waals surface area contributed by atoms with Gasteiger partial charge < -0.3 is 20.3 Å². The zero-order valence-corrected chi connectivity index (χ0v) is 13.0. The molecule has 0 aliphatic carbocycles. The van der Waals surface area contributed by atoms with E-state index in [1.165, 1.54) is 0 Å². The molecule has 2 rings (SSSR count). The largest absolute Gasteiger partial charge is 0.483 e. The van der Waals surface area contributed by atoms with Crippen molar-refractivity contribution in [3.63, 3.8) is 0 Å². The number of nitrogens with zero attached hydrogens (tertiary/aromatic N) is 3. The average molecular weight is 319 g/mol. The summed E-state index contributed by atoms with van der Waals surface area (Å²) in [5, 5.41) is 12.9. The molecule has 1 amide bonds. The van der Waals surface area contributed by atoms with Crippen LogP contribution in [0.2, 0.25) is 0 Å². The molecule has 0 saturated carbocycles. The molecule has 0 spiro atoms. The van der Waals surface area contributed by atoms with Gasteiger partial charge in [-0.05, 0) is 25.5 Å². The first-order valence-corrected chi connectivity index (χ1v) is 7.23. The summed E-state index contributed by atoms with van der Waals surface area (Å²) < 4.78 is 2.04. The van der Waals surface area contributed by atoms with E-state index in [0.717, 1.165) is 25.3 Å². The highest BCUT2D eigenvalue weighted by Crippen LogP contribution is 2.05. The Labute approximate surface area is 134 Å². The van der Waals surface area contributed by atoms with Crippen LogP contribution < -0.4 is 10.6 Å². The first kappa shape index (κ1) is 18.1. The number of hydrogen-bond acceptors (Lipinski definition) is 5. The Balaban J connectivity index is 0.000000816. The number of amides is 1. The highest BCUT2D eigenvalue weighted by molar-refractivity contribution is 5.93. The van der Waals surface area contributed by atoms with E-state index in [0.29, 0.717) is 12.1 Å². The summed E-state index contributed by atoms with van der Waals surface area (Å²) in [5.74, 6) is 0.690. The van der Waals surface area contributed by atoms with Gasteiger partial charge in [0.2, 0.25) is 0 Å². The Morgan fingerprint density at radius 1 is 1.43 bits per heavy atom. The minimum Gasteiger partial charge on any atom is -0.483 e. The number of hydrogen-bond donors (Lipinski definition) is 3. The van der Waals surface area contributed by atoms with Crippen LogP contribution in [0.1, 0.15) is 23.7 Å². The van der Waals surface area contributed by atoms with Crippen LogP contribution >= 0.6 is 0 Å². The first-order chi connectivity index (χ1) is 11.2. The van der Waals surface area contributed by atoms with E-state index in [1.54, 1.807) is 24.8 Å². The molecule has 8 nitrogen and oxygen atoms in total. The van der Waals surface area contributed by atoms with Gasteiger partial charge in [-0.25, -0.2) is 9.97 Å². The standard InChI is InChI=1S/C14H19N5O.CH2O2/c1-2-16-14(20)12-4-5-13(18-10-12)17-6-3-8-19-9-7-15-11-19;2-1-3/h4-5,7,9-11H,2-3,6,8H2,1H3,(H,16,20)(H,17,18);1H,(H,2,3). The lowest BCUT2D eigenvalue weighted by Crippen LogP contribution is -2.22. The fourth-order valence-corrected chi connectivity index (χ4v) is 1.79. The zero-order chi connectivity index (χ0) is 16.9. The van der Waals surface area contributed by atoms with Crippen LogP contribution in [0, 0.1) is 0 Å². The lowest BCUT2D eigenvalue weighted by atomic mass is 10.2. The van der Waals surface area contributed by atoms with E-state index in [-0.39, 0.29) is 12.4 Å². The van der Waals surface area contributed by atoms with E-state index >= 15 is 0 Å². The predicted molar refractivity (Wildman–Crippen MR) is 86.3 cm³/mol. The predicted octanol–water partition coefficient (Wildman–Crippen LogP) is 1.23. The number of anilines is 1. The Bertz CT molecular complexity index is 569. The number of imidazole rings is 1. The van der Waals surface area contributed by atoms with Crippen LogP contribution in [0.5, 0.6) is 0 Å². The summed E-state index contributed by atoms with van der Waals surface area (Å²) in [6, 6.07) is 3.60. The van der Waals surface area contributed by atoms with E-state index in [4.69, 9.17) is 9.90 Å². The van der Waals surface area contributed by atoms with Crippen molar-refractivity contribution in [2.45, 2.75) is 19.9 Å². The molecule has 2 aromatic heterocycles. The number of carboxylic acid groups (broad SMARTS) is 1. The van der Waals surface area contributed by atoms with Gasteiger partial charge in [-0.15, -0.1) is 0 Å². The van der Waals surface area contributed by atoms with Crippen molar-refractivity contribution < 1.29 is 14.7 Å². The molecule has 0 radical (unpaired) electrons. The van der Waals surface area contributed by atoms with Crippen molar-refractivity contribution in [3.8, 4) is 0 Å². The van der Waals surface area contributed by atoms with Crippen LogP contribution in [0.3, 0.4) is 0 Å². The summed E-state index contributed by atoms with van der Waals surface area (Å²) >= 11 is 0. The number of aromatic nitrogens is 3. The molecular formula is C15H21N5O3. The van der Waals surface area contributed by atoms with E-state index in [9.17, 15) is 4.79 Å². The van der Waals surface area contributed by atoms with Crippen molar-refractivity contribution in [1.29, 1.82) is 0 Å². The molecule has 8 heteroatoms. The number of carbonyl (C=O) groups is 2. The third-order valence-electron chi connectivity index (χ3n) is 2.82. The molecule has 0 aromatic carbocycles. The van der Waals surface area contributed by atoms with Crippen LogP contribution in [-0.4, -0.2) is 45.1 Å². The van der Waals surface area contributed by atoms with Gasteiger partial charge in [-0.3, -0.25) is 9.59 Å². The summed E-state index contributed by atoms with van der Waals surface area (Å²) in [5.41, 5.74) is 0.579. The number of aryl methyl sites for hydroxylation is 1. The zero-order valence-electron chi connectivity index (χ0n) is 13.0. The quantitative estimate of drug-likeness (QED) is 0.523. The smallest absolute Gasteiger partial charge is 0.290 e. The Morgan fingerprint density at radius 3 is 2.78 bits per heavy atom. The molecule has 0 bridgehead atoms. The number of rotatable bonds is 7. The summed E-state index contributed by atoms with van der Waals surface area (Å²) in [6.45, 7) is 4.00. The Hall–Kier alpha value is -2.90. The van der Waals surface area contributed by atoms with Gasteiger partial charge in [-0.2, -0.15) is 0 Å². The SMILES string of the molecule is CCNC(=O)c1ccc(NCCCn2ccnc2)nc1.O=CO. The second-order valence-electron chi connectivity index (χ2n) is 4.48. The molecule has 2 aromatic rings. The highest BCUT2D eigenvalue weighted by Gasteiger charge is 2.03. The fourth-order valence-electron chi connectivity index (χ4n) is 1.79. The molecule has 0 saturated heterocycles. The molecule has 0 atom stereocenters. The van der Waals surface area contributed by atoms with Crippen molar-refractivity contribution in [2.24, 2.45) is 0 Å². The van der Waals surface area contributed by atoms with Crippen LogP contribution in [0.25, 0.3) is 0 Å². The maximum atomic E-state index is 11.6. The van der Waals surface area contributed by atoms with Crippen LogP contribution in [0.15, 0.2) is 37.1 Å². The maximum Gasteiger partial charge on any atom is 0.290 e. The van der Waals surface area contributed by atoms with Gasteiger partial charge >= 0.3 is 0 Å². The normalized spacial score (nSPS) is 9.43. The van der Waals surface area contributed by atoms with E-state index in [2.05, 4.69) is 20.6 Å². The molecule has 0 aliphatic heterocycles. The summed E-state index contributed by atoms with van der Waals surface area (Å²) in [7, 11) is 0. The maximum absolute atomic E-state index is 11.6. The van der Waals surface area contributed by atoms with Gasteiger partial charge in [0.25, 0.3) is 12.4 Å². The van der Waals surface area contributed by atoms with Gasteiger partial charge in [-0.1, -0.05) is 0 Å². The molecule has 0 fully saturated rings. The molecule has 2 heterocycles. The molecular weight excluding hydrogens is 298 g/mol. The monoisotopic (exact) mass is 319 g/mol. The number of carbonyl (C=O) groups excluding carboxylic acids is 1. The highest BCUT2D eigenvalue weighted by atomic mass is 16.3. The van der Waals surface area contributed by atoms with Gasteiger partial charge in [0.1, 0.15) is 5.82 Å². The Kier molecular flexibility index (Phi) is 8.50. The Morgan fingerprint density at radius 2 is 2.22 bits per heavy atom. The lowest BCUT2D eigenvalue weighted by Gasteiger charge is -2.07. The number of nitrogens with one attached hydrogen (secondary N) is 2. The lowest BCUT2D eigenvalue weighted by molar-refractivity contribution is -0.122. The summed E-state index contributed by atoms with van der Waals surface area (Å²) in [4.78, 5) is 28.1. The molecule has 124 valence electrons. The van der Waals surface area contributed by atoms with Crippen molar-refractivity contribution in [2.75, 3.05) is 18.4 Å². The fraction of sp³-hybridized carbons (Fsp3) is 0.333. The average Bonchev–Trinajstić information content (AvgIpc) is 3.06. The summed E-state index contributed by atoms with van der Waals surface area (Å²) in [6.07, 6.45) is 8.09. The van der Waals surface area contributed by atoms with Gasteiger partial charge in [0.15, 0.2) is 0 Å². The van der Waals surface area contributed by atoms with Crippen LogP contribution in [-0.2, 0) is 11.3 Å². The van der Waals surface area contributed by atoms with Gasteiger partial charge in [0.05, 0.1) is 11.9 Å². The van der Waals surface area contributed by atoms with Crippen molar-refractivity contribution >= 4 is 18.2 Å². The van der Waals surface area contributed by atoms with Gasteiger partial charge in [0, 0.05) is 38.2 Å². The molecule has 0 unspecified atom stereocenters. The minimum atomic E-state index is -0.250. The third-order valence-corrected chi connectivity index (χ3v) is 2.82. The van der Waals surface area contributed by atoms with Crippen molar-refractivity contribution in [1.82, 2.24) is 19.9 Å². The second-order valence-corrected chi connectivity index (χ2v) is 4.48. The first-order valence-electron chi connectivity index (χ1n) is 7.23. The van der Waals surface area contributed by atoms with Crippen molar-refractivity contribution in [3.05, 3.63) is 42.6 Å². The number of pyridine rings is 1.